The van der Waals surface area contributed by atoms with Gasteiger partial charge in [-0.05, 0) is 142 Å². The van der Waals surface area contributed by atoms with Crippen LogP contribution in [0.1, 0.15) is 55.6 Å². The van der Waals surface area contributed by atoms with Crippen LogP contribution in [0.3, 0.4) is 0 Å². The van der Waals surface area contributed by atoms with E-state index in [1.165, 1.54) is 24.3 Å². The lowest BCUT2D eigenvalue weighted by molar-refractivity contribution is -0.138. The van der Waals surface area contributed by atoms with Crippen LogP contribution in [0.2, 0.25) is 0 Å². The fraction of sp³-hybridized carbons (Fsp3) is 0.111. The Balaban J connectivity index is 1.37. The summed E-state index contributed by atoms with van der Waals surface area (Å²) in [7, 11) is 7.85. The lowest BCUT2D eigenvalue weighted by Crippen LogP contribution is -2.07. The molecule has 302 valence electrons. The van der Waals surface area contributed by atoms with Gasteiger partial charge >= 0.3 is 12.4 Å². The number of alkyl halides is 6. The Morgan fingerprint density at radius 2 is 0.565 bits per heavy atom. The molecule has 0 unspecified atom stereocenters. The average Bonchev–Trinajstić information content (AvgIpc) is 3.25. The molecule has 0 atom stereocenters. The standard InChI is InChI=1S/C54H34F6N2/c1-61(2)45-25-13-37(14-26-45)7-19-41-33-39(17-5-35-9-21-43(22-10-35)53(55,56)57)47-29-30-48-40(18-6-36-11-23-44(24-12-36)54(58,59)60)34-42(50-32-31-49(41)51(47)52(48)50)20-8-38-15-27-46(28-16-38)62(3)4/h9-16,21-34H,1-4H3. The Morgan fingerprint density at radius 1 is 0.323 bits per heavy atom. The Labute approximate surface area is 355 Å². The Morgan fingerprint density at radius 3 is 0.790 bits per heavy atom. The van der Waals surface area contributed by atoms with E-state index in [0.717, 1.165) is 79.1 Å². The van der Waals surface area contributed by atoms with Gasteiger partial charge in [0, 0.05) is 84.1 Å². The molecule has 0 aliphatic rings. The highest BCUT2D eigenvalue weighted by atomic mass is 19.4. The second-order valence-electron chi connectivity index (χ2n) is 15.0. The summed E-state index contributed by atoms with van der Waals surface area (Å²) in [4.78, 5) is 4.00. The minimum atomic E-state index is -4.47. The van der Waals surface area contributed by atoms with E-state index < -0.39 is 23.5 Å². The van der Waals surface area contributed by atoms with Crippen molar-refractivity contribution >= 4 is 43.7 Å². The number of halogens is 6. The molecule has 8 rings (SSSR count). The second-order valence-corrected chi connectivity index (χ2v) is 15.0. The molecule has 8 heteroatoms. The quantitative estimate of drug-likeness (QED) is 0.0973. The number of anilines is 2. The monoisotopic (exact) mass is 824 g/mol. The topological polar surface area (TPSA) is 6.48 Å². The zero-order chi connectivity index (χ0) is 43.8. The molecule has 0 amide bonds. The largest absolute Gasteiger partial charge is 0.416 e. The molecule has 0 aliphatic heterocycles. The third-order valence-electron chi connectivity index (χ3n) is 10.5. The van der Waals surface area contributed by atoms with Gasteiger partial charge in [0.25, 0.3) is 0 Å². The molecule has 0 aliphatic carbocycles. The summed E-state index contributed by atoms with van der Waals surface area (Å²) in [6.45, 7) is 0. The van der Waals surface area contributed by atoms with E-state index >= 15 is 0 Å². The van der Waals surface area contributed by atoms with Gasteiger partial charge in [-0.15, -0.1) is 0 Å². The third-order valence-corrected chi connectivity index (χ3v) is 10.5. The van der Waals surface area contributed by atoms with Crippen LogP contribution in [0.25, 0.3) is 32.3 Å². The second kappa shape index (κ2) is 16.3. The first-order chi connectivity index (χ1) is 29.6. The number of hydrogen-bond donors (Lipinski definition) is 0. The van der Waals surface area contributed by atoms with Crippen LogP contribution in [0.15, 0.2) is 133 Å². The van der Waals surface area contributed by atoms with Crippen molar-refractivity contribution in [3.8, 4) is 47.4 Å². The summed E-state index contributed by atoms with van der Waals surface area (Å²) in [5.41, 5.74) is 5.58. The van der Waals surface area contributed by atoms with E-state index in [1.807, 2.05) is 123 Å². The molecule has 0 N–H and O–H groups in total. The van der Waals surface area contributed by atoms with Crippen LogP contribution in [0.4, 0.5) is 37.7 Å². The highest BCUT2D eigenvalue weighted by molar-refractivity contribution is 6.26. The van der Waals surface area contributed by atoms with Crippen LogP contribution in [-0.2, 0) is 12.4 Å². The third kappa shape index (κ3) is 8.60. The average molecular weight is 825 g/mol. The van der Waals surface area contributed by atoms with Crippen LogP contribution in [-0.4, -0.2) is 28.2 Å². The summed E-state index contributed by atoms with van der Waals surface area (Å²) in [5, 5.41) is 4.99. The molecule has 8 aromatic rings. The Hall–Kier alpha value is -7.78. The summed E-state index contributed by atoms with van der Waals surface area (Å²) >= 11 is 0. The van der Waals surface area contributed by atoms with Crippen molar-refractivity contribution in [2.24, 2.45) is 0 Å². The van der Waals surface area contributed by atoms with Gasteiger partial charge in [0.2, 0.25) is 0 Å². The first-order valence-electron chi connectivity index (χ1n) is 19.4. The molecule has 0 aromatic heterocycles. The molecular weight excluding hydrogens is 791 g/mol. The Bertz CT molecular complexity index is 3020. The van der Waals surface area contributed by atoms with Crippen LogP contribution < -0.4 is 9.80 Å². The molecule has 0 saturated heterocycles. The number of rotatable bonds is 2. The van der Waals surface area contributed by atoms with Crippen molar-refractivity contribution in [2.75, 3.05) is 38.0 Å². The summed E-state index contributed by atoms with van der Waals surface area (Å²) in [5.74, 6) is 26.0. The fourth-order valence-corrected chi connectivity index (χ4v) is 7.14. The van der Waals surface area contributed by atoms with Crippen LogP contribution >= 0.6 is 0 Å². The van der Waals surface area contributed by atoms with E-state index in [1.54, 1.807) is 0 Å². The van der Waals surface area contributed by atoms with Crippen molar-refractivity contribution in [3.05, 3.63) is 189 Å². The maximum absolute atomic E-state index is 13.4. The molecule has 0 heterocycles. The van der Waals surface area contributed by atoms with Crippen LogP contribution in [0.5, 0.6) is 0 Å². The van der Waals surface area contributed by atoms with Gasteiger partial charge < -0.3 is 9.80 Å². The van der Waals surface area contributed by atoms with E-state index in [9.17, 15) is 26.3 Å². The zero-order valence-corrected chi connectivity index (χ0v) is 33.9. The van der Waals surface area contributed by atoms with Gasteiger partial charge in [0.15, 0.2) is 0 Å². The van der Waals surface area contributed by atoms with Gasteiger partial charge in [0.05, 0.1) is 11.1 Å². The minimum absolute atomic E-state index is 0.411. The van der Waals surface area contributed by atoms with E-state index in [4.69, 9.17) is 0 Å². The molecule has 0 radical (unpaired) electrons. The zero-order valence-electron chi connectivity index (χ0n) is 33.9. The van der Waals surface area contributed by atoms with Crippen molar-refractivity contribution in [1.82, 2.24) is 0 Å². The number of nitrogens with zero attached hydrogens (tertiary/aromatic N) is 2. The predicted molar refractivity (Wildman–Crippen MR) is 238 cm³/mol. The fourth-order valence-electron chi connectivity index (χ4n) is 7.14. The molecule has 2 nitrogen and oxygen atoms in total. The number of benzene rings is 8. The summed E-state index contributed by atoms with van der Waals surface area (Å²) in [6, 6.07) is 36.9. The van der Waals surface area contributed by atoms with Gasteiger partial charge in [-0.25, -0.2) is 0 Å². The van der Waals surface area contributed by atoms with Gasteiger partial charge in [-0.2, -0.15) is 26.3 Å². The summed E-state index contributed by atoms with van der Waals surface area (Å²) < 4.78 is 80.1. The van der Waals surface area contributed by atoms with Gasteiger partial charge in [0.1, 0.15) is 0 Å². The molecule has 0 spiro atoms. The van der Waals surface area contributed by atoms with Crippen molar-refractivity contribution < 1.29 is 26.3 Å². The van der Waals surface area contributed by atoms with E-state index in [0.29, 0.717) is 33.4 Å². The first kappa shape index (κ1) is 41.0. The highest BCUT2D eigenvalue weighted by Gasteiger charge is 2.30. The molecule has 8 aromatic carbocycles. The van der Waals surface area contributed by atoms with Crippen molar-refractivity contribution in [1.29, 1.82) is 0 Å². The molecule has 0 bridgehead atoms. The number of hydrogen-bond acceptors (Lipinski definition) is 2. The van der Waals surface area contributed by atoms with Gasteiger partial charge in [-0.1, -0.05) is 71.6 Å². The van der Waals surface area contributed by atoms with E-state index in [-0.39, 0.29) is 0 Å². The van der Waals surface area contributed by atoms with Crippen molar-refractivity contribution in [3.63, 3.8) is 0 Å². The lowest BCUT2D eigenvalue weighted by atomic mass is 9.86. The maximum atomic E-state index is 13.4. The van der Waals surface area contributed by atoms with Crippen LogP contribution in [0, 0.1) is 47.4 Å². The lowest BCUT2D eigenvalue weighted by Gasteiger charge is -2.16. The summed E-state index contributed by atoms with van der Waals surface area (Å²) in [6.07, 6.45) is -8.95. The highest BCUT2D eigenvalue weighted by Crippen LogP contribution is 2.40. The van der Waals surface area contributed by atoms with E-state index in [2.05, 4.69) is 47.4 Å². The molecule has 0 saturated carbocycles. The normalized spacial score (nSPS) is 11.2. The smallest absolute Gasteiger partial charge is 0.378 e. The maximum Gasteiger partial charge on any atom is 0.416 e. The molecular formula is C54H34F6N2. The minimum Gasteiger partial charge on any atom is -0.378 e. The first-order valence-corrected chi connectivity index (χ1v) is 19.4. The van der Waals surface area contributed by atoms with Crippen molar-refractivity contribution in [2.45, 2.75) is 12.4 Å². The molecule has 0 fully saturated rings. The van der Waals surface area contributed by atoms with Gasteiger partial charge in [-0.3, -0.25) is 0 Å². The molecule has 62 heavy (non-hydrogen) atoms. The SMILES string of the molecule is CN(C)c1ccc(C#Cc2cc(C#Cc3ccc(C(F)(F)F)cc3)c3ccc4c(C#Cc5ccc(C(F)(F)F)cc5)cc(C#Cc5ccc(N(C)C)cc5)c5ccc2c3c54)cc1. The predicted octanol–water partition coefficient (Wildman–Crippen LogP) is 12.4. The Kier molecular flexibility index (Phi) is 10.8.